The van der Waals surface area contributed by atoms with E-state index in [-0.39, 0.29) is 54.7 Å². The molecule has 15 heteroatoms. The molecule has 55 heavy (non-hydrogen) atoms. The van der Waals surface area contributed by atoms with Crippen molar-refractivity contribution in [2.24, 2.45) is 0 Å². The van der Waals surface area contributed by atoms with Crippen molar-refractivity contribution in [3.05, 3.63) is 117 Å². The summed E-state index contributed by atoms with van der Waals surface area (Å²) in [5.41, 5.74) is -5.04. The summed E-state index contributed by atoms with van der Waals surface area (Å²) in [5.74, 6) is -4.09. The number of amides is 1. The lowest BCUT2D eigenvalue weighted by Gasteiger charge is -2.26. The third-order valence-corrected chi connectivity index (χ3v) is 8.88. The number of pyridine rings is 1. The number of hydrogen-bond acceptors (Lipinski definition) is 5. The van der Waals surface area contributed by atoms with E-state index in [0.717, 1.165) is 22.9 Å². The molecule has 3 aromatic rings. The van der Waals surface area contributed by atoms with E-state index in [1.807, 2.05) is 0 Å². The summed E-state index contributed by atoms with van der Waals surface area (Å²) in [4.78, 5) is 41.7. The smallest absolute Gasteiger partial charge is 0.416 e. The molecule has 0 aliphatic heterocycles. The van der Waals surface area contributed by atoms with E-state index < -0.39 is 82.2 Å². The second-order valence-corrected chi connectivity index (χ2v) is 13.3. The second kappa shape index (κ2) is 19.2. The second-order valence-electron chi connectivity index (χ2n) is 13.3. The molecule has 0 radical (unpaired) electrons. The number of nitrogens with zero attached hydrogens (tertiary/aromatic N) is 2. The molecule has 0 spiro atoms. The van der Waals surface area contributed by atoms with Crippen molar-refractivity contribution in [3.8, 4) is 11.1 Å². The van der Waals surface area contributed by atoms with Crippen LogP contribution in [0.2, 0.25) is 0 Å². The number of ether oxygens (including phenoxy) is 1. The van der Waals surface area contributed by atoms with Crippen molar-refractivity contribution in [3.63, 3.8) is 0 Å². The molecular weight excluding hydrogens is 738 g/mol. The molecule has 0 fully saturated rings. The number of hydrogen-bond donors (Lipinski definition) is 1. The highest BCUT2D eigenvalue weighted by Crippen LogP contribution is 2.41. The van der Waals surface area contributed by atoms with Crippen molar-refractivity contribution in [2.75, 3.05) is 27.2 Å². The van der Waals surface area contributed by atoms with E-state index in [0.29, 0.717) is 37.5 Å². The largest absolute Gasteiger partial charge is 0.466 e. The minimum Gasteiger partial charge on any atom is -0.466 e. The number of esters is 1. The minimum atomic E-state index is -5.06. The van der Waals surface area contributed by atoms with E-state index in [9.17, 15) is 45.1 Å². The van der Waals surface area contributed by atoms with Gasteiger partial charge >= 0.3 is 18.3 Å². The number of carbonyl (C=O) groups is 2. The van der Waals surface area contributed by atoms with Gasteiger partial charge in [0.1, 0.15) is 17.7 Å². The normalized spacial score (nSPS) is 13.0. The summed E-state index contributed by atoms with van der Waals surface area (Å²) in [5, 5.41) is 2.38. The quantitative estimate of drug-likeness (QED) is 0.0603. The summed E-state index contributed by atoms with van der Waals surface area (Å²) in [6, 6.07) is 0.0738. The maximum Gasteiger partial charge on any atom is 0.416 e. The molecule has 0 aliphatic carbocycles. The van der Waals surface area contributed by atoms with Crippen molar-refractivity contribution in [1.82, 2.24) is 14.8 Å². The van der Waals surface area contributed by atoms with Crippen LogP contribution in [0.15, 0.2) is 66.6 Å². The Morgan fingerprint density at radius 3 is 2.22 bits per heavy atom. The summed E-state index contributed by atoms with van der Waals surface area (Å²) < 4.78 is 123. The van der Waals surface area contributed by atoms with Crippen molar-refractivity contribution >= 4 is 11.9 Å². The fourth-order valence-corrected chi connectivity index (χ4v) is 6.29. The molecule has 1 aromatic heterocycles. The number of halogens is 8. The summed E-state index contributed by atoms with van der Waals surface area (Å²) >= 11 is 0. The number of allylic oxidation sites excluding steroid dienone is 2. The van der Waals surface area contributed by atoms with Gasteiger partial charge in [0.25, 0.3) is 5.56 Å². The molecule has 0 unspecified atom stereocenters. The first-order valence-corrected chi connectivity index (χ1v) is 17.6. The average Bonchev–Trinajstić information content (AvgIpc) is 3.07. The van der Waals surface area contributed by atoms with Gasteiger partial charge < -0.3 is 19.5 Å². The monoisotopic (exact) mass is 783 g/mol. The molecule has 7 nitrogen and oxygen atoms in total. The third-order valence-electron chi connectivity index (χ3n) is 8.88. The molecule has 0 saturated heterocycles. The van der Waals surface area contributed by atoms with Crippen LogP contribution in [0.3, 0.4) is 0 Å². The van der Waals surface area contributed by atoms with Gasteiger partial charge in [-0.2, -0.15) is 26.3 Å². The van der Waals surface area contributed by atoms with Crippen molar-refractivity contribution in [1.29, 1.82) is 0 Å². The predicted molar refractivity (Wildman–Crippen MR) is 193 cm³/mol. The van der Waals surface area contributed by atoms with Gasteiger partial charge in [-0.05, 0) is 113 Å². The van der Waals surface area contributed by atoms with Gasteiger partial charge in [0, 0.05) is 29.9 Å². The Hall–Kier alpha value is -4.79. The van der Waals surface area contributed by atoms with Gasteiger partial charge in [0.05, 0.1) is 30.2 Å². The molecule has 0 aliphatic rings. The van der Waals surface area contributed by atoms with Crippen LogP contribution in [0.1, 0.15) is 84.5 Å². The third kappa shape index (κ3) is 11.8. The molecular formula is C40H45F8N3O4. The lowest BCUT2D eigenvalue weighted by Crippen LogP contribution is -2.40. The standard InChI is InChI=1S/C40H45F8N3O4/c1-7-10-11-12-14-25-18-28(41)17-24(4)36(25)30-20-27(39(43,44)45)19-29(37(30)42)32(22-35(53)55-9-3)49-38(54)33(13-8-2)51-23-26(15-16-50(5)6)31(21-34(51)52)40(46,47)48/h7-8,17-21,23,32-33H,1-2,9-16,22H2,3-6H3,(H,49,54)/t32-,33-/m0/s1. The Morgan fingerprint density at radius 2 is 1.64 bits per heavy atom. The van der Waals surface area contributed by atoms with Crippen LogP contribution in [-0.4, -0.2) is 48.6 Å². The minimum absolute atomic E-state index is 0.00263. The molecule has 1 N–H and O–H groups in total. The molecule has 1 amide bonds. The van der Waals surface area contributed by atoms with Crippen LogP contribution in [-0.2, 0) is 39.5 Å². The first-order chi connectivity index (χ1) is 25.7. The number of nitrogens with one attached hydrogen (secondary N) is 1. The maximum absolute atomic E-state index is 16.9. The topological polar surface area (TPSA) is 80.6 Å². The number of carbonyl (C=O) groups excluding carboxylic acids is 2. The first kappa shape index (κ1) is 44.6. The number of unbranched alkanes of at least 4 members (excludes halogenated alkanes) is 2. The lowest BCUT2D eigenvalue weighted by atomic mass is 9.87. The molecule has 300 valence electrons. The Balaban J connectivity index is 2.28. The van der Waals surface area contributed by atoms with Crippen LogP contribution in [0.5, 0.6) is 0 Å². The Bertz CT molecular complexity index is 1920. The summed E-state index contributed by atoms with van der Waals surface area (Å²) in [6.07, 6.45) is -5.72. The van der Waals surface area contributed by atoms with Gasteiger partial charge in [0.15, 0.2) is 0 Å². The molecule has 3 rings (SSSR count). The van der Waals surface area contributed by atoms with Gasteiger partial charge in [-0.25, -0.2) is 8.78 Å². The van der Waals surface area contributed by atoms with E-state index in [2.05, 4.69) is 18.5 Å². The van der Waals surface area contributed by atoms with Crippen LogP contribution < -0.4 is 10.9 Å². The Morgan fingerprint density at radius 1 is 0.945 bits per heavy atom. The highest BCUT2D eigenvalue weighted by molar-refractivity contribution is 5.82. The summed E-state index contributed by atoms with van der Waals surface area (Å²) in [6.45, 7) is 10.1. The number of aromatic nitrogens is 1. The maximum atomic E-state index is 16.9. The molecule has 0 bridgehead atoms. The fraction of sp³-hybridized carbons (Fsp3) is 0.425. The summed E-state index contributed by atoms with van der Waals surface area (Å²) in [7, 11) is 3.25. The zero-order chi connectivity index (χ0) is 41.2. The van der Waals surface area contributed by atoms with E-state index in [4.69, 9.17) is 4.74 Å². The van der Waals surface area contributed by atoms with Crippen molar-refractivity contribution < 1.29 is 49.4 Å². The number of rotatable bonds is 18. The molecule has 0 saturated carbocycles. The first-order valence-electron chi connectivity index (χ1n) is 17.6. The van der Waals surface area contributed by atoms with Gasteiger partial charge in [0.2, 0.25) is 5.91 Å². The van der Waals surface area contributed by atoms with E-state index >= 15 is 4.39 Å². The number of aryl methyl sites for hydroxylation is 2. The number of alkyl halides is 6. The highest BCUT2D eigenvalue weighted by Gasteiger charge is 2.37. The molecule has 2 atom stereocenters. The fourth-order valence-electron chi connectivity index (χ4n) is 6.29. The SMILES string of the molecule is C=CCCCCc1cc(F)cc(C)c1-c1cc(C(F)(F)F)cc([C@H](CC(=O)OCC)NC(=O)[C@H](CC=C)n2cc(CCN(C)C)c(C(F)(F)F)cc2=O)c1F. The Kier molecular flexibility index (Phi) is 15.6. The van der Waals surface area contributed by atoms with Gasteiger partial charge in [-0.3, -0.25) is 14.4 Å². The van der Waals surface area contributed by atoms with E-state index in [1.54, 1.807) is 25.1 Å². The molecule has 2 aromatic carbocycles. The lowest BCUT2D eigenvalue weighted by molar-refractivity contribution is -0.144. The van der Waals surface area contributed by atoms with Crippen LogP contribution in [0, 0.1) is 18.6 Å². The average molecular weight is 784 g/mol. The van der Waals surface area contributed by atoms with Gasteiger partial charge in [-0.1, -0.05) is 12.2 Å². The zero-order valence-corrected chi connectivity index (χ0v) is 31.1. The van der Waals surface area contributed by atoms with Crippen LogP contribution in [0.4, 0.5) is 35.1 Å². The number of benzene rings is 2. The van der Waals surface area contributed by atoms with Crippen molar-refractivity contribution in [2.45, 2.75) is 83.2 Å². The van der Waals surface area contributed by atoms with Gasteiger partial charge in [-0.15, -0.1) is 13.2 Å². The van der Waals surface area contributed by atoms with Crippen LogP contribution in [0.25, 0.3) is 11.1 Å². The zero-order valence-electron chi connectivity index (χ0n) is 31.1. The Labute approximate surface area is 314 Å². The van der Waals surface area contributed by atoms with E-state index in [1.165, 1.54) is 19.9 Å². The predicted octanol–water partition coefficient (Wildman–Crippen LogP) is 9.07. The highest BCUT2D eigenvalue weighted by atomic mass is 19.4. The molecule has 1 heterocycles. The number of likely N-dealkylation sites (N-methyl/N-ethyl adjacent to an activating group) is 1. The van der Waals surface area contributed by atoms with Crippen LogP contribution >= 0.6 is 0 Å².